The van der Waals surface area contributed by atoms with E-state index in [1.807, 2.05) is 19.1 Å². The van der Waals surface area contributed by atoms with E-state index in [2.05, 4.69) is 40.4 Å². The van der Waals surface area contributed by atoms with Crippen LogP contribution in [-0.2, 0) is 11.3 Å². The van der Waals surface area contributed by atoms with Gasteiger partial charge in [0.05, 0.1) is 11.7 Å². The molecular formula is C28H35FN4O. The lowest BCUT2D eigenvalue weighted by molar-refractivity contribution is 0.0459. The molecule has 1 N–H and O–H groups in total. The lowest BCUT2D eigenvalue weighted by atomic mass is 9.96. The van der Waals surface area contributed by atoms with Gasteiger partial charge in [-0.2, -0.15) is 5.26 Å². The maximum Gasteiger partial charge on any atom is 0.141 e. The molecule has 0 aromatic heterocycles. The van der Waals surface area contributed by atoms with Gasteiger partial charge in [-0.05, 0) is 81.5 Å². The Kier molecular flexibility index (Phi) is 6.87. The van der Waals surface area contributed by atoms with Crippen LogP contribution in [0.25, 0.3) is 11.1 Å². The molecule has 0 amide bonds. The first-order valence-corrected chi connectivity index (χ1v) is 12.7. The Balaban J connectivity index is 1.45. The number of hydrogen-bond acceptors (Lipinski definition) is 5. The topological polar surface area (TPSA) is 51.5 Å². The molecule has 0 saturated carbocycles. The Bertz CT molecular complexity index is 1060. The van der Waals surface area contributed by atoms with Crippen LogP contribution in [0.1, 0.15) is 50.2 Å². The Morgan fingerprint density at radius 3 is 2.62 bits per heavy atom. The average molecular weight is 463 g/mol. The second kappa shape index (κ2) is 10.0. The number of anilines is 1. The summed E-state index contributed by atoms with van der Waals surface area (Å²) in [6.45, 7) is 5.58. The second-order valence-electron chi connectivity index (χ2n) is 9.90. The highest BCUT2D eigenvalue weighted by molar-refractivity contribution is 5.80. The first kappa shape index (κ1) is 23.3. The van der Waals surface area contributed by atoms with Crippen LogP contribution < -0.4 is 10.2 Å². The van der Waals surface area contributed by atoms with Crippen LogP contribution >= 0.6 is 0 Å². The maximum absolute atomic E-state index is 14.6. The first-order chi connectivity index (χ1) is 16.6. The standard InChI is InChI=1S/C28H35FN4O/c1-3-34-23-10-12-32(13-11-23)27-8-4-19(18-33-22-7-9-28(33)26(16-22)31-2)14-24(27)20-5-6-21(17-30)25(29)15-20/h4-6,8,14-15,22-23,26,28,31H,3,7,9-13,16,18H2,1-2H3/t22-,26?,28+/m1/s1. The monoisotopic (exact) mass is 462 g/mol. The van der Waals surface area contributed by atoms with E-state index in [1.54, 1.807) is 6.07 Å². The van der Waals surface area contributed by atoms with Crippen molar-refractivity contribution in [2.24, 2.45) is 0 Å². The molecular weight excluding hydrogens is 427 g/mol. The van der Waals surface area contributed by atoms with E-state index in [0.717, 1.165) is 55.9 Å². The molecule has 0 radical (unpaired) electrons. The fourth-order valence-corrected chi connectivity index (χ4v) is 6.33. The van der Waals surface area contributed by atoms with Crippen molar-refractivity contribution in [3.63, 3.8) is 0 Å². The molecule has 2 bridgehead atoms. The highest BCUT2D eigenvalue weighted by Gasteiger charge is 2.45. The van der Waals surface area contributed by atoms with Gasteiger partial charge in [0.15, 0.2) is 0 Å². The van der Waals surface area contributed by atoms with E-state index in [-0.39, 0.29) is 5.56 Å². The van der Waals surface area contributed by atoms with Crippen LogP contribution in [-0.4, -0.2) is 55.9 Å². The normalized spacial score (nSPS) is 25.1. The first-order valence-electron chi connectivity index (χ1n) is 12.7. The molecule has 3 saturated heterocycles. The molecule has 5 rings (SSSR count). The van der Waals surface area contributed by atoms with E-state index in [0.29, 0.717) is 24.2 Å². The number of benzene rings is 2. The lowest BCUT2D eigenvalue weighted by Crippen LogP contribution is -2.38. The smallest absolute Gasteiger partial charge is 0.141 e. The molecule has 6 heteroatoms. The van der Waals surface area contributed by atoms with Crippen LogP contribution in [0.15, 0.2) is 36.4 Å². The number of rotatable bonds is 7. The van der Waals surface area contributed by atoms with E-state index in [4.69, 9.17) is 4.74 Å². The zero-order valence-corrected chi connectivity index (χ0v) is 20.3. The van der Waals surface area contributed by atoms with Crippen LogP contribution in [0.4, 0.5) is 10.1 Å². The SMILES string of the molecule is CCOC1CCN(c2ccc(CN3[C@@H]4CC[C@H]3C(NC)C4)cc2-c2ccc(C#N)c(F)c2)CC1. The molecule has 3 aliphatic heterocycles. The summed E-state index contributed by atoms with van der Waals surface area (Å²) in [7, 11) is 2.07. The van der Waals surface area contributed by atoms with Crippen LogP contribution in [0, 0.1) is 17.1 Å². The van der Waals surface area contributed by atoms with Crippen LogP contribution in [0.5, 0.6) is 0 Å². The quantitative estimate of drug-likeness (QED) is 0.647. The summed E-state index contributed by atoms with van der Waals surface area (Å²) in [4.78, 5) is 5.06. The molecule has 1 unspecified atom stereocenters. The number of ether oxygens (including phenoxy) is 1. The summed E-state index contributed by atoms with van der Waals surface area (Å²) in [5, 5.41) is 12.7. The largest absolute Gasteiger partial charge is 0.378 e. The zero-order valence-electron chi connectivity index (χ0n) is 20.3. The Hall–Kier alpha value is -2.46. The summed E-state index contributed by atoms with van der Waals surface area (Å²) < 4.78 is 20.4. The van der Waals surface area contributed by atoms with Gasteiger partial charge in [0.25, 0.3) is 0 Å². The minimum absolute atomic E-state index is 0.0886. The molecule has 180 valence electrons. The number of likely N-dealkylation sites (N-methyl/N-ethyl adjacent to an activating group) is 1. The Morgan fingerprint density at radius 1 is 1.12 bits per heavy atom. The second-order valence-corrected chi connectivity index (χ2v) is 9.90. The predicted molar refractivity (Wildman–Crippen MR) is 133 cm³/mol. The van der Waals surface area contributed by atoms with Gasteiger partial charge in [0.2, 0.25) is 0 Å². The summed E-state index contributed by atoms with van der Waals surface area (Å²) in [5.41, 5.74) is 4.37. The summed E-state index contributed by atoms with van der Waals surface area (Å²) >= 11 is 0. The molecule has 0 aliphatic carbocycles. The minimum atomic E-state index is -0.458. The highest BCUT2D eigenvalue weighted by atomic mass is 19.1. The van der Waals surface area contributed by atoms with Crippen molar-refractivity contribution in [1.82, 2.24) is 10.2 Å². The molecule has 3 aliphatic rings. The summed E-state index contributed by atoms with van der Waals surface area (Å²) in [5.74, 6) is -0.458. The number of nitriles is 1. The fourth-order valence-electron chi connectivity index (χ4n) is 6.33. The molecule has 5 nitrogen and oxygen atoms in total. The zero-order chi connectivity index (χ0) is 23.7. The van der Waals surface area contributed by atoms with Crippen molar-refractivity contribution in [3.8, 4) is 17.2 Å². The van der Waals surface area contributed by atoms with Gasteiger partial charge in [0.1, 0.15) is 11.9 Å². The van der Waals surface area contributed by atoms with Crippen molar-refractivity contribution in [2.45, 2.75) is 69.8 Å². The van der Waals surface area contributed by atoms with E-state index in [9.17, 15) is 9.65 Å². The van der Waals surface area contributed by atoms with Gasteiger partial charge in [-0.3, -0.25) is 4.90 Å². The number of piperidine rings is 1. The van der Waals surface area contributed by atoms with Crippen molar-refractivity contribution < 1.29 is 9.13 Å². The summed E-state index contributed by atoms with van der Waals surface area (Å²) in [6.07, 6.45) is 6.09. The van der Waals surface area contributed by atoms with E-state index >= 15 is 0 Å². The molecule has 3 atom stereocenters. The summed E-state index contributed by atoms with van der Waals surface area (Å²) in [6, 6.07) is 15.5. The van der Waals surface area contributed by atoms with Gasteiger partial charge in [-0.1, -0.05) is 12.1 Å². The molecule has 2 aromatic rings. The molecule has 2 aromatic carbocycles. The van der Waals surface area contributed by atoms with Gasteiger partial charge in [-0.25, -0.2) is 4.39 Å². The number of nitrogens with one attached hydrogen (secondary N) is 1. The Morgan fingerprint density at radius 2 is 1.94 bits per heavy atom. The van der Waals surface area contributed by atoms with Crippen molar-refractivity contribution >= 4 is 5.69 Å². The third-order valence-electron chi connectivity index (χ3n) is 8.06. The third kappa shape index (κ3) is 4.45. The molecule has 3 fully saturated rings. The van der Waals surface area contributed by atoms with Crippen molar-refractivity contribution in [3.05, 3.63) is 53.3 Å². The molecule has 3 heterocycles. The van der Waals surface area contributed by atoms with Crippen molar-refractivity contribution in [2.75, 3.05) is 31.6 Å². The number of hydrogen-bond donors (Lipinski definition) is 1. The minimum Gasteiger partial charge on any atom is -0.378 e. The molecule has 34 heavy (non-hydrogen) atoms. The number of nitrogens with zero attached hydrogens (tertiary/aromatic N) is 3. The predicted octanol–water partition coefficient (Wildman–Crippen LogP) is 4.69. The van der Waals surface area contributed by atoms with Crippen LogP contribution in [0.2, 0.25) is 0 Å². The third-order valence-corrected chi connectivity index (χ3v) is 8.06. The van der Waals surface area contributed by atoms with Crippen molar-refractivity contribution in [1.29, 1.82) is 5.26 Å². The highest BCUT2D eigenvalue weighted by Crippen LogP contribution is 2.40. The van der Waals surface area contributed by atoms with Gasteiger partial charge < -0.3 is 15.0 Å². The van der Waals surface area contributed by atoms with Crippen LogP contribution in [0.3, 0.4) is 0 Å². The van der Waals surface area contributed by atoms with E-state index < -0.39 is 5.82 Å². The maximum atomic E-state index is 14.6. The van der Waals surface area contributed by atoms with E-state index in [1.165, 1.54) is 30.9 Å². The number of halogens is 1. The lowest BCUT2D eigenvalue weighted by Gasteiger charge is -2.35. The molecule has 0 spiro atoms. The fraction of sp³-hybridized carbons (Fsp3) is 0.536. The number of fused-ring (bicyclic) bond motifs is 2. The average Bonchev–Trinajstić information content (AvgIpc) is 3.41. The van der Waals surface area contributed by atoms with Gasteiger partial charge in [-0.15, -0.1) is 0 Å². The van der Waals surface area contributed by atoms with Gasteiger partial charge >= 0.3 is 0 Å². The Labute approximate surface area is 202 Å². The van der Waals surface area contributed by atoms with Gasteiger partial charge in [0, 0.05) is 55.6 Å².